The van der Waals surface area contributed by atoms with Crippen molar-refractivity contribution in [2.45, 2.75) is 19.8 Å². The van der Waals surface area contributed by atoms with Crippen molar-refractivity contribution in [2.75, 3.05) is 5.43 Å². The number of anilines is 1. The van der Waals surface area contributed by atoms with E-state index >= 15 is 0 Å². The zero-order valence-corrected chi connectivity index (χ0v) is 10.9. The summed E-state index contributed by atoms with van der Waals surface area (Å²) in [5.74, 6) is 6.13. The van der Waals surface area contributed by atoms with E-state index in [1.165, 1.54) is 0 Å². The highest BCUT2D eigenvalue weighted by Gasteiger charge is 2.10. The fourth-order valence-corrected chi connectivity index (χ4v) is 2.23. The lowest BCUT2D eigenvalue weighted by atomic mass is 10.1. The van der Waals surface area contributed by atoms with Gasteiger partial charge >= 0.3 is 0 Å². The van der Waals surface area contributed by atoms with Crippen LogP contribution < -0.4 is 11.3 Å². The van der Waals surface area contributed by atoms with Gasteiger partial charge in [-0.15, -0.1) is 0 Å². The van der Waals surface area contributed by atoms with Crippen molar-refractivity contribution in [1.82, 2.24) is 4.98 Å². The van der Waals surface area contributed by atoms with Gasteiger partial charge in [-0.2, -0.15) is 0 Å². The minimum absolute atomic E-state index is 0.573. The summed E-state index contributed by atoms with van der Waals surface area (Å²) in [6.07, 6.45) is 1.91. The molecule has 3 N–H and O–H groups in total. The van der Waals surface area contributed by atoms with Gasteiger partial charge in [0, 0.05) is 5.39 Å². The zero-order valence-electron chi connectivity index (χ0n) is 9.43. The molecule has 0 bridgehead atoms. The van der Waals surface area contributed by atoms with Crippen molar-refractivity contribution in [3.8, 4) is 0 Å². The Kier molecular flexibility index (Phi) is 3.72. The predicted octanol–water partition coefficient (Wildman–Crippen LogP) is 3.78. The maximum Gasteiger partial charge on any atom is 0.143 e. The molecule has 17 heavy (non-hydrogen) atoms. The Hall–Kier alpha value is -1.03. The van der Waals surface area contributed by atoms with Crippen LogP contribution >= 0.6 is 23.2 Å². The van der Waals surface area contributed by atoms with Gasteiger partial charge in [-0.05, 0) is 30.2 Å². The zero-order chi connectivity index (χ0) is 12.4. The Labute approximate surface area is 110 Å². The summed E-state index contributed by atoms with van der Waals surface area (Å²) < 4.78 is 0. The highest BCUT2D eigenvalue weighted by molar-refractivity contribution is 6.39. The maximum absolute atomic E-state index is 6.15. The number of nitrogens with zero attached hydrogens (tertiary/aromatic N) is 1. The molecule has 1 aromatic heterocycles. The van der Waals surface area contributed by atoms with Crippen LogP contribution in [0.15, 0.2) is 18.2 Å². The van der Waals surface area contributed by atoms with Gasteiger partial charge in [-0.1, -0.05) is 36.5 Å². The van der Waals surface area contributed by atoms with Crippen molar-refractivity contribution in [1.29, 1.82) is 0 Å². The number of nitrogens with two attached hydrogens (primary N) is 1. The van der Waals surface area contributed by atoms with Crippen LogP contribution in [0.3, 0.4) is 0 Å². The lowest BCUT2D eigenvalue weighted by Gasteiger charge is -2.10. The first kappa shape index (κ1) is 12.4. The smallest absolute Gasteiger partial charge is 0.143 e. The molecule has 0 spiro atoms. The van der Waals surface area contributed by atoms with Crippen molar-refractivity contribution in [3.05, 3.63) is 33.8 Å². The van der Waals surface area contributed by atoms with Crippen molar-refractivity contribution >= 4 is 39.9 Å². The van der Waals surface area contributed by atoms with Crippen LogP contribution in [0.1, 0.15) is 18.9 Å². The second-order valence-electron chi connectivity index (χ2n) is 3.82. The van der Waals surface area contributed by atoms with Crippen LogP contribution in [0.25, 0.3) is 10.9 Å². The average molecular weight is 270 g/mol. The van der Waals surface area contributed by atoms with Gasteiger partial charge in [-0.25, -0.2) is 10.8 Å². The van der Waals surface area contributed by atoms with Crippen LogP contribution in [0.4, 0.5) is 5.82 Å². The van der Waals surface area contributed by atoms with E-state index in [0.717, 1.165) is 23.8 Å². The molecule has 0 aliphatic heterocycles. The molecule has 2 aromatic rings. The summed E-state index contributed by atoms with van der Waals surface area (Å²) in [5.41, 5.74) is 4.33. The molecule has 0 atom stereocenters. The minimum atomic E-state index is 0.573. The van der Waals surface area contributed by atoms with Crippen molar-refractivity contribution in [3.63, 3.8) is 0 Å². The van der Waals surface area contributed by atoms with Crippen LogP contribution in [-0.2, 0) is 6.42 Å². The first-order valence-electron chi connectivity index (χ1n) is 5.41. The van der Waals surface area contributed by atoms with Crippen LogP contribution in [0.2, 0.25) is 10.0 Å². The number of aryl methyl sites for hydroxylation is 1. The molecule has 0 saturated heterocycles. The molecule has 0 aliphatic rings. The van der Waals surface area contributed by atoms with Crippen molar-refractivity contribution < 1.29 is 0 Å². The largest absolute Gasteiger partial charge is 0.308 e. The first-order chi connectivity index (χ1) is 8.17. The predicted molar refractivity (Wildman–Crippen MR) is 73.6 cm³/mol. The number of nitrogens with one attached hydrogen (secondary N) is 1. The van der Waals surface area contributed by atoms with Gasteiger partial charge in [0.05, 0.1) is 15.6 Å². The van der Waals surface area contributed by atoms with Gasteiger partial charge in [0.15, 0.2) is 0 Å². The molecule has 90 valence electrons. The fourth-order valence-electron chi connectivity index (χ4n) is 1.82. The molecule has 0 fully saturated rings. The van der Waals surface area contributed by atoms with Crippen LogP contribution in [-0.4, -0.2) is 4.98 Å². The van der Waals surface area contributed by atoms with Crippen LogP contribution in [0.5, 0.6) is 0 Å². The molecule has 0 radical (unpaired) electrons. The molecule has 0 amide bonds. The summed E-state index contributed by atoms with van der Waals surface area (Å²) in [5, 5.41) is 2.09. The lowest BCUT2D eigenvalue weighted by Crippen LogP contribution is -2.11. The number of hydrazine groups is 1. The Balaban J connectivity index is 2.73. The Morgan fingerprint density at radius 1 is 1.29 bits per heavy atom. The number of aromatic nitrogens is 1. The standard InChI is InChI=1S/C12H13Cl2N3/c1-2-3-7-6-8-9(13)4-5-10(14)11(8)16-12(7)17-15/h4-6H,2-3,15H2,1H3,(H,16,17). The third-order valence-electron chi connectivity index (χ3n) is 2.62. The van der Waals surface area contributed by atoms with Crippen LogP contribution in [0, 0.1) is 0 Å². The lowest BCUT2D eigenvalue weighted by molar-refractivity contribution is 0.917. The fraction of sp³-hybridized carbons (Fsp3) is 0.250. The van der Waals surface area contributed by atoms with E-state index in [1.54, 1.807) is 12.1 Å². The normalized spacial score (nSPS) is 10.8. The molecule has 3 nitrogen and oxygen atoms in total. The van der Waals surface area contributed by atoms with E-state index < -0.39 is 0 Å². The molecular weight excluding hydrogens is 257 g/mol. The first-order valence-corrected chi connectivity index (χ1v) is 6.17. The number of nitrogen functional groups attached to an aromatic ring is 1. The Morgan fingerprint density at radius 3 is 2.65 bits per heavy atom. The number of fused-ring (bicyclic) bond motifs is 1. The van der Waals surface area contributed by atoms with E-state index in [-0.39, 0.29) is 0 Å². The minimum Gasteiger partial charge on any atom is -0.308 e. The third kappa shape index (κ3) is 2.32. The number of rotatable bonds is 3. The summed E-state index contributed by atoms with van der Waals surface area (Å²) in [7, 11) is 0. The SMILES string of the molecule is CCCc1cc2c(Cl)ccc(Cl)c2nc1NN. The number of hydrogen-bond donors (Lipinski definition) is 2. The van der Waals surface area contributed by atoms with Crippen molar-refractivity contribution in [2.24, 2.45) is 5.84 Å². The van der Waals surface area contributed by atoms with Gasteiger partial charge in [-0.3, -0.25) is 0 Å². The van der Waals surface area contributed by atoms with E-state index in [1.807, 2.05) is 6.07 Å². The third-order valence-corrected chi connectivity index (χ3v) is 3.25. The van der Waals surface area contributed by atoms with Gasteiger partial charge in [0.2, 0.25) is 0 Å². The number of pyridine rings is 1. The van der Waals surface area contributed by atoms with E-state index in [2.05, 4.69) is 17.3 Å². The van der Waals surface area contributed by atoms with E-state index in [9.17, 15) is 0 Å². The molecular formula is C12H13Cl2N3. The molecule has 1 heterocycles. The molecule has 0 saturated carbocycles. The highest BCUT2D eigenvalue weighted by Crippen LogP contribution is 2.31. The summed E-state index contributed by atoms with van der Waals surface area (Å²) in [4.78, 5) is 4.42. The number of hydrogen-bond acceptors (Lipinski definition) is 3. The maximum atomic E-state index is 6.15. The van der Waals surface area contributed by atoms with Gasteiger partial charge in [0.1, 0.15) is 5.82 Å². The monoisotopic (exact) mass is 269 g/mol. The molecule has 0 aliphatic carbocycles. The molecule has 1 aromatic carbocycles. The van der Waals surface area contributed by atoms with Gasteiger partial charge < -0.3 is 5.43 Å². The number of halogens is 2. The Morgan fingerprint density at radius 2 is 2.00 bits per heavy atom. The van der Waals surface area contributed by atoms with Gasteiger partial charge in [0.25, 0.3) is 0 Å². The molecule has 2 rings (SSSR count). The summed E-state index contributed by atoms with van der Waals surface area (Å²) in [6, 6.07) is 5.51. The topological polar surface area (TPSA) is 50.9 Å². The molecule has 5 heteroatoms. The highest BCUT2D eigenvalue weighted by atomic mass is 35.5. The Bertz CT molecular complexity index is 555. The quantitative estimate of drug-likeness (QED) is 0.659. The average Bonchev–Trinajstić information content (AvgIpc) is 2.34. The van der Waals surface area contributed by atoms with E-state index in [0.29, 0.717) is 21.4 Å². The second-order valence-corrected chi connectivity index (χ2v) is 4.63. The number of benzene rings is 1. The van der Waals surface area contributed by atoms with E-state index in [4.69, 9.17) is 29.0 Å². The summed E-state index contributed by atoms with van der Waals surface area (Å²) in [6.45, 7) is 2.10. The molecule has 0 unspecified atom stereocenters. The second kappa shape index (κ2) is 5.08. The summed E-state index contributed by atoms with van der Waals surface area (Å²) >= 11 is 12.2.